The maximum absolute atomic E-state index is 15.1. The molecule has 4 rings (SSSR count). The molecule has 1 aliphatic carbocycles. The lowest BCUT2D eigenvalue weighted by Gasteiger charge is -2.39. The average molecular weight is 590 g/mol. The van der Waals surface area contributed by atoms with Crippen LogP contribution < -0.4 is 5.32 Å². The van der Waals surface area contributed by atoms with Crippen molar-refractivity contribution in [1.82, 2.24) is 15.2 Å². The molecule has 2 heterocycles. The summed E-state index contributed by atoms with van der Waals surface area (Å²) in [6, 6.07) is 1.48. The highest BCUT2D eigenvalue weighted by atomic mass is 19.4. The van der Waals surface area contributed by atoms with E-state index in [4.69, 9.17) is 4.74 Å². The number of benzene rings is 1. The van der Waals surface area contributed by atoms with Crippen molar-refractivity contribution >= 4 is 5.91 Å². The molecular weight excluding hydrogens is 555 g/mol. The van der Waals surface area contributed by atoms with Crippen LogP contribution in [-0.2, 0) is 22.1 Å². The van der Waals surface area contributed by atoms with Crippen LogP contribution in [0.15, 0.2) is 30.5 Å². The Morgan fingerprint density at radius 2 is 1.80 bits per heavy atom. The van der Waals surface area contributed by atoms with Crippen molar-refractivity contribution in [2.75, 3.05) is 13.1 Å². The number of nitrogens with zero attached hydrogens (tertiary/aromatic N) is 2. The standard InChI is InChI=1S/C29H34F7N3O2/c1-17(2)39-11-4-5-22(8-12-39)41-23-6-3-9-28(32,33)27(23)38-24(40)15-18-7-10-37-26(25(18)29(34,35)36)19-13-20(30)16-21(31)14-19/h7,10,13-14,16-17,22-23,27H,3-6,8-9,11-12,15H2,1-2H3,(H,38,40)/t22-,23-,27+/m0/s1. The van der Waals surface area contributed by atoms with Gasteiger partial charge in [-0.05, 0) is 76.3 Å². The Hall–Kier alpha value is -2.73. The van der Waals surface area contributed by atoms with Gasteiger partial charge in [0, 0.05) is 36.8 Å². The van der Waals surface area contributed by atoms with Gasteiger partial charge in [0.2, 0.25) is 5.91 Å². The van der Waals surface area contributed by atoms with Crippen LogP contribution in [0.4, 0.5) is 30.7 Å². The number of hydrogen-bond acceptors (Lipinski definition) is 4. The molecule has 226 valence electrons. The number of hydrogen-bond donors (Lipinski definition) is 1. The number of ether oxygens (including phenoxy) is 1. The average Bonchev–Trinajstić information content (AvgIpc) is 3.10. The number of amides is 1. The summed E-state index contributed by atoms with van der Waals surface area (Å²) in [7, 11) is 0. The van der Waals surface area contributed by atoms with Crippen molar-refractivity contribution < 1.29 is 40.3 Å². The van der Waals surface area contributed by atoms with E-state index in [1.165, 1.54) is 0 Å². The number of halogens is 7. The first-order valence-electron chi connectivity index (χ1n) is 13.8. The number of carbonyl (C=O) groups excluding carboxylic acids is 1. The Morgan fingerprint density at radius 3 is 2.46 bits per heavy atom. The van der Waals surface area contributed by atoms with Crippen molar-refractivity contribution in [2.45, 2.75) is 95.2 Å². The first-order valence-corrected chi connectivity index (χ1v) is 13.8. The summed E-state index contributed by atoms with van der Waals surface area (Å²) in [6.07, 6.45) is -4.09. The lowest BCUT2D eigenvalue weighted by molar-refractivity contribution is -0.154. The van der Waals surface area contributed by atoms with Gasteiger partial charge in [-0.15, -0.1) is 0 Å². The molecule has 1 aromatic carbocycles. The van der Waals surface area contributed by atoms with Gasteiger partial charge in [0.15, 0.2) is 0 Å². The molecule has 0 radical (unpaired) electrons. The summed E-state index contributed by atoms with van der Waals surface area (Å²) in [5.41, 5.74) is -3.16. The van der Waals surface area contributed by atoms with E-state index in [1.54, 1.807) is 0 Å². The number of rotatable bonds is 7. The van der Waals surface area contributed by atoms with Gasteiger partial charge >= 0.3 is 6.18 Å². The highest BCUT2D eigenvalue weighted by molar-refractivity contribution is 5.80. The van der Waals surface area contributed by atoms with Crippen LogP contribution in [0.1, 0.15) is 63.5 Å². The fourth-order valence-corrected chi connectivity index (χ4v) is 5.74. The molecule has 1 saturated heterocycles. The van der Waals surface area contributed by atoms with Gasteiger partial charge in [-0.2, -0.15) is 13.2 Å². The summed E-state index contributed by atoms with van der Waals surface area (Å²) in [6.45, 7) is 5.79. The van der Waals surface area contributed by atoms with E-state index < -0.39 is 77.0 Å². The van der Waals surface area contributed by atoms with Gasteiger partial charge in [0.1, 0.15) is 17.7 Å². The maximum atomic E-state index is 15.1. The van der Waals surface area contributed by atoms with Gasteiger partial charge in [0.05, 0.1) is 29.9 Å². The Labute approximate surface area is 234 Å². The summed E-state index contributed by atoms with van der Waals surface area (Å²) >= 11 is 0. The minimum absolute atomic E-state index is 0.186. The van der Waals surface area contributed by atoms with E-state index >= 15 is 8.78 Å². The van der Waals surface area contributed by atoms with Crippen LogP contribution in [0.5, 0.6) is 0 Å². The lowest BCUT2D eigenvalue weighted by atomic mass is 9.88. The Kier molecular flexibility index (Phi) is 9.63. The third kappa shape index (κ3) is 7.77. The molecule has 1 N–H and O–H groups in total. The van der Waals surface area contributed by atoms with Crippen molar-refractivity contribution in [2.24, 2.45) is 0 Å². The highest BCUT2D eigenvalue weighted by Crippen LogP contribution is 2.40. The van der Waals surface area contributed by atoms with Gasteiger partial charge in [-0.3, -0.25) is 9.78 Å². The predicted molar refractivity (Wildman–Crippen MR) is 138 cm³/mol. The van der Waals surface area contributed by atoms with Gasteiger partial charge < -0.3 is 15.0 Å². The third-order valence-electron chi connectivity index (χ3n) is 7.76. The predicted octanol–water partition coefficient (Wildman–Crippen LogP) is 6.54. The van der Waals surface area contributed by atoms with E-state index in [-0.39, 0.29) is 18.9 Å². The second-order valence-electron chi connectivity index (χ2n) is 11.1. The van der Waals surface area contributed by atoms with E-state index in [1.807, 2.05) is 0 Å². The van der Waals surface area contributed by atoms with Gasteiger partial charge in [0.25, 0.3) is 5.92 Å². The molecule has 2 aromatic rings. The Balaban J connectivity index is 1.54. The minimum atomic E-state index is -5.05. The van der Waals surface area contributed by atoms with Crippen molar-refractivity contribution in [3.8, 4) is 11.3 Å². The Morgan fingerprint density at radius 1 is 1.10 bits per heavy atom. The molecule has 0 unspecified atom stereocenters. The fourth-order valence-electron chi connectivity index (χ4n) is 5.74. The molecule has 12 heteroatoms. The first kappa shape index (κ1) is 31.2. The summed E-state index contributed by atoms with van der Waals surface area (Å²) < 4.78 is 106. The Bertz CT molecular complexity index is 1200. The number of alkyl halides is 5. The topological polar surface area (TPSA) is 54.5 Å². The molecule has 41 heavy (non-hydrogen) atoms. The van der Waals surface area contributed by atoms with Gasteiger partial charge in [-0.1, -0.05) is 0 Å². The molecule has 0 spiro atoms. The molecule has 1 aliphatic heterocycles. The SMILES string of the molecule is CC(C)N1CCC[C@H](O[C@H]2CCCC(F)(F)[C@@H]2NC(=O)Cc2ccnc(-c3cc(F)cc(F)c3)c2C(F)(F)F)CC1. The zero-order chi connectivity index (χ0) is 29.9. The smallest absolute Gasteiger partial charge is 0.373 e. The largest absolute Gasteiger partial charge is 0.418 e. The number of pyridine rings is 1. The van der Waals surface area contributed by atoms with Crippen LogP contribution in [-0.4, -0.2) is 59.1 Å². The van der Waals surface area contributed by atoms with Crippen molar-refractivity contribution in [3.63, 3.8) is 0 Å². The second-order valence-corrected chi connectivity index (χ2v) is 11.1. The maximum Gasteiger partial charge on any atom is 0.418 e. The summed E-state index contributed by atoms with van der Waals surface area (Å²) in [5, 5.41) is 2.26. The monoisotopic (exact) mass is 589 g/mol. The van der Waals surface area contributed by atoms with Crippen LogP contribution in [0, 0.1) is 11.6 Å². The minimum Gasteiger partial charge on any atom is -0.373 e. The number of aromatic nitrogens is 1. The zero-order valence-corrected chi connectivity index (χ0v) is 22.9. The number of nitrogens with one attached hydrogen (secondary N) is 1. The van der Waals surface area contributed by atoms with Gasteiger partial charge in [-0.25, -0.2) is 17.6 Å². The van der Waals surface area contributed by atoms with Crippen molar-refractivity contribution in [1.29, 1.82) is 0 Å². The summed E-state index contributed by atoms with van der Waals surface area (Å²) in [5.74, 6) is -6.57. The zero-order valence-electron chi connectivity index (χ0n) is 22.9. The molecular formula is C29H34F7N3O2. The van der Waals surface area contributed by atoms with Crippen LogP contribution in [0.25, 0.3) is 11.3 Å². The highest BCUT2D eigenvalue weighted by Gasteiger charge is 2.49. The number of likely N-dealkylation sites (tertiary alicyclic amines) is 1. The molecule has 1 saturated carbocycles. The molecule has 3 atom stereocenters. The first-order chi connectivity index (χ1) is 19.2. The molecule has 5 nitrogen and oxygen atoms in total. The quantitative estimate of drug-likeness (QED) is 0.373. The molecule has 1 aromatic heterocycles. The third-order valence-corrected chi connectivity index (χ3v) is 7.76. The number of carbonyl (C=O) groups is 1. The van der Waals surface area contributed by atoms with Crippen molar-refractivity contribution in [3.05, 3.63) is 53.2 Å². The molecule has 2 aliphatic rings. The van der Waals surface area contributed by atoms with Crippen LogP contribution in [0.2, 0.25) is 0 Å². The second kappa shape index (κ2) is 12.6. The lowest BCUT2D eigenvalue weighted by Crippen LogP contribution is -2.58. The summed E-state index contributed by atoms with van der Waals surface area (Å²) in [4.78, 5) is 19.0. The molecule has 0 bridgehead atoms. The normalized spacial score (nSPS) is 23.8. The van der Waals surface area contributed by atoms with E-state index in [9.17, 15) is 26.7 Å². The molecule has 1 amide bonds. The fraction of sp³-hybridized carbons (Fsp3) is 0.586. The van der Waals surface area contributed by atoms with Crippen LogP contribution in [0.3, 0.4) is 0 Å². The van der Waals surface area contributed by atoms with E-state index in [2.05, 4.69) is 29.0 Å². The van der Waals surface area contributed by atoms with Crippen LogP contribution >= 0.6 is 0 Å². The van der Waals surface area contributed by atoms with E-state index in [0.29, 0.717) is 37.1 Å². The molecule has 2 fully saturated rings. The van der Waals surface area contributed by atoms with E-state index in [0.717, 1.165) is 31.8 Å².